The molecular formula is C12H19N3OS. The van der Waals surface area contributed by atoms with Crippen molar-refractivity contribution in [2.24, 2.45) is 11.8 Å². The summed E-state index contributed by atoms with van der Waals surface area (Å²) in [6.07, 6.45) is 0. The third-order valence-electron chi connectivity index (χ3n) is 2.60. The average Bonchev–Trinajstić information content (AvgIpc) is 2.35. The van der Waals surface area contributed by atoms with Gasteiger partial charge in [0, 0.05) is 11.0 Å². The molecule has 0 bridgehead atoms. The number of nitrogens with two attached hydrogens (primary N) is 1. The SMILES string of the molecule is CC(C)C(C)SCc1cccc(C(=O)NN)n1. The first-order valence-corrected chi connectivity index (χ1v) is 6.68. The molecular weight excluding hydrogens is 234 g/mol. The van der Waals surface area contributed by atoms with E-state index in [4.69, 9.17) is 5.84 Å². The number of thioether (sulfide) groups is 1. The molecule has 1 unspecified atom stereocenters. The van der Waals surface area contributed by atoms with E-state index in [0.717, 1.165) is 11.4 Å². The Morgan fingerprint density at radius 3 is 2.76 bits per heavy atom. The van der Waals surface area contributed by atoms with Crippen LogP contribution in [0.4, 0.5) is 0 Å². The molecule has 1 aromatic rings. The van der Waals surface area contributed by atoms with E-state index in [1.165, 1.54) is 0 Å². The lowest BCUT2D eigenvalue weighted by atomic mass is 10.2. The highest BCUT2D eigenvalue weighted by molar-refractivity contribution is 7.99. The molecule has 0 aromatic carbocycles. The Balaban J connectivity index is 2.63. The Hall–Kier alpha value is -1.07. The molecule has 0 saturated heterocycles. The maximum absolute atomic E-state index is 11.3. The predicted octanol–water partition coefficient (Wildman–Crippen LogP) is 1.96. The van der Waals surface area contributed by atoms with Gasteiger partial charge in [0.25, 0.3) is 5.91 Å². The number of hydrogen-bond acceptors (Lipinski definition) is 4. The molecule has 3 N–H and O–H groups in total. The number of hydrogen-bond donors (Lipinski definition) is 2. The van der Waals surface area contributed by atoms with E-state index in [1.54, 1.807) is 6.07 Å². The van der Waals surface area contributed by atoms with Crippen LogP contribution in [0.25, 0.3) is 0 Å². The fourth-order valence-corrected chi connectivity index (χ4v) is 2.15. The molecule has 4 nitrogen and oxygen atoms in total. The highest BCUT2D eigenvalue weighted by Crippen LogP contribution is 2.22. The summed E-state index contributed by atoms with van der Waals surface area (Å²) in [5.41, 5.74) is 3.35. The van der Waals surface area contributed by atoms with Crippen molar-refractivity contribution in [3.63, 3.8) is 0 Å². The van der Waals surface area contributed by atoms with Crippen LogP contribution in [-0.2, 0) is 5.75 Å². The van der Waals surface area contributed by atoms with Crippen LogP contribution in [0, 0.1) is 5.92 Å². The van der Waals surface area contributed by atoms with Crippen LogP contribution in [0.1, 0.15) is 37.0 Å². The summed E-state index contributed by atoms with van der Waals surface area (Å²) in [5, 5.41) is 0.573. The van der Waals surface area contributed by atoms with Crippen molar-refractivity contribution >= 4 is 17.7 Å². The van der Waals surface area contributed by atoms with Gasteiger partial charge in [0.1, 0.15) is 5.69 Å². The van der Waals surface area contributed by atoms with E-state index in [9.17, 15) is 4.79 Å². The zero-order valence-corrected chi connectivity index (χ0v) is 11.3. The van der Waals surface area contributed by atoms with Gasteiger partial charge in [-0.2, -0.15) is 11.8 Å². The highest BCUT2D eigenvalue weighted by atomic mass is 32.2. The van der Waals surface area contributed by atoms with Gasteiger partial charge in [-0.05, 0) is 18.1 Å². The number of carbonyl (C=O) groups excluding carboxylic acids is 1. The smallest absolute Gasteiger partial charge is 0.283 e. The number of carbonyl (C=O) groups is 1. The highest BCUT2D eigenvalue weighted by Gasteiger charge is 2.09. The topological polar surface area (TPSA) is 68.0 Å². The monoisotopic (exact) mass is 253 g/mol. The Labute approximate surface area is 106 Å². The summed E-state index contributed by atoms with van der Waals surface area (Å²) >= 11 is 1.84. The molecule has 0 fully saturated rings. The Morgan fingerprint density at radius 2 is 2.18 bits per heavy atom. The number of nitrogens with one attached hydrogen (secondary N) is 1. The maximum Gasteiger partial charge on any atom is 0.283 e. The Kier molecular flexibility index (Phi) is 5.44. The summed E-state index contributed by atoms with van der Waals surface area (Å²) in [6.45, 7) is 6.60. The van der Waals surface area contributed by atoms with E-state index in [-0.39, 0.29) is 5.91 Å². The molecule has 17 heavy (non-hydrogen) atoms. The van der Waals surface area contributed by atoms with Crippen LogP contribution < -0.4 is 11.3 Å². The van der Waals surface area contributed by atoms with Gasteiger partial charge >= 0.3 is 0 Å². The lowest BCUT2D eigenvalue weighted by molar-refractivity contribution is 0.0948. The molecule has 5 heteroatoms. The standard InChI is InChI=1S/C12H19N3OS/c1-8(2)9(3)17-7-10-5-4-6-11(14-10)12(16)15-13/h4-6,8-9H,7,13H2,1-3H3,(H,15,16). The quantitative estimate of drug-likeness (QED) is 0.478. The minimum atomic E-state index is -0.353. The van der Waals surface area contributed by atoms with E-state index in [1.807, 2.05) is 23.9 Å². The van der Waals surface area contributed by atoms with Crippen molar-refractivity contribution in [2.75, 3.05) is 0 Å². The third-order valence-corrected chi connectivity index (χ3v) is 4.14. The van der Waals surface area contributed by atoms with Crippen molar-refractivity contribution in [1.82, 2.24) is 10.4 Å². The van der Waals surface area contributed by atoms with E-state index in [0.29, 0.717) is 16.9 Å². The van der Waals surface area contributed by atoms with Gasteiger partial charge in [-0.1, -0.05) is 26.8 Å². The van der Waals surface area contributed by atoms with Crippen LogP contribution >= 0.6 is 11.8 Å². The van der Waals surface area contributed by atoms with Gasteiger partial charge in [0.05, 0.1) is 5.69 Å². The summed E-state index contributed by atoms with van der Waals surface area (Å²) in [4.78, 5) is 15.6. The van der Waals surface area contributed by atoms with E-state index >= 15 is 0 Å². The van der Waals surface area contributed by atoms with Gasteiger partial charge in [0.2, 0.25) is 0 Å². The fourth-order valence-electron chi connectivity index (χ4n) is 1.17. The molecule has 0 aliphatic carbocycles. The van der Waals surface area contributed by atoms with Gasteiger partial charge < -0.3 is 0 Å². The van der Waals surface area contributed by atoms with Crippen LogP contribution in [0.2, 0.25) is 0 Å². The second kappa shape index (κ2) is 6.61. The largest absolute Gasteiger partial charge is 0.289 e. The lowest BCUT2D eigenvalue weighted by Gasteiger charge is -2.14. The summed E-state index contributed by atoms with van der Waals surface area (Å²) in [7, 11) is 0. The molecule has 1 atom stereocenters. The summed E-state index contributed by atoms with van der Waals surface area (Å²) in [6, 6.07) is 5.41. The van der Waals surface area contributed by atoms with Crippen LogP contribution in [0.3, 0.4) is 0 Å². The van der Waals surface area contributed by atoms with Crippen molar-refractivity contribution in [3.8, 4) is 0 Å². The van der Waals surface area contributed by atoms with Crippen molar-refractivity contribution in [1.29, 1.82) is 0 Å². The minimum Gasteiger partial charge on any atom is -0.289 e. The van der Waals surface area contributed by atoms with Gasteiger partial charge in [-0.3, -0.25) is 10.2 Å². The lowest BCUT2D eigenvalue weighted by Crippen LogP contribution is -2.30. The minimum absolute atomic E-state index is 0.353. The van der Waals surface area contributed by atoms with Gasteiger partial charge in [-0.15, -0.1) is 0 Å². The molecule has 1 aromatic heterocycles. The van der Waals surface area contributed by atoms with Gasteiger partial charge in [-0.25, -0.2) is 10.8 Å². The molecule has 0 aliphatic heterocycles. The van der Waals surface area contributed by atoms with Crippen LogP contribution in [-0.4, -0.2) is 16.1 Å². The molecule has 0 aliphatic rings. The van der Waals surface area contributed by atoms with Gasteiger partial charge in [0.15, 0.2) is 0 Å². The zero-order chi connectivity index (χ0) is 12.8. The average molecular weight is 253 g/mol. The summed E-state index contributed by atoms with van der Waals surface area (Å²) < 4.78 is 0. The molecule has 1 heterocycles. The number of rotatable bonds is 5. The van der Waals surface area contributed by atoms with Crippen molar-refractivity contribution in [3.05, 3.63) is 29.6 Å². The number of nitrogens with zero attached hydrogens (tertiary/aromatic N) is 1. The number of pyridine rings is 1. The van der Waals surface area contributed by atoms with Crippen LogP contribution in [0.15, 0.2) is 18.2 Å². The number of aromatic nitrogens is 1. The predicted molar refractivity (Wildman–Crippen MR) is 71.5 cm³/mol. The van der Waals surface area contributed by atoms with Crippen molar-refractivity contribution in [2.45, 2.75) is 31.8 Å². The third kappa shape index (κ3) is 4.36. The van der Waals surface area contributed by atoms with Crippen LogP contribution in [0.5, 0.6) is 0 Å². The fraction of sp³-hybridized carbons (Fsp3) is 0.500. The first kappa shape index (κ1) is 14.0. The Morgan fingerprint density at radius 1 is 1.47 bits per heavy atom. The van der Waals surface area contributed by atoms with E-state index < -0.39 is 0 Å². The molecule has 1 rings (SSSR count). The molecule has 94 valence electrons. The molecule has 0 spiro atoms. The molecule has 1 amide bonds. The van der Waals surface area contributed by atoms with Crippen molar-refractivity contribution < 1.29 is 4.79 Å². The number of hydrazine groups is 1. The zero-order valence-electron chi connectivity index (χ0n) is 10.4. The molecule has 0 radical (unpaired) electrons. The first-order valence-electron chi connectivity index (χ1n) is 5.63. The Bertz CT molecular complexity index is 382. The number of amides is 1. The maximum atomic E-state index is 11.3. The normalized spacial score (nSPS) is 12.5. The first-order chi connectivity index (χ1) is 8.04. The second-order valence-corrected chi connectivity index (χ2v) is 5.61. The second-order valence-electron chi connectivity index (χ2n) is 4.25. The van der Waals surface area contributed by atoms with E-state index in [2.05, 4.69) is 31.2 Å². The molecule has 0 saturated carbocycles. The summed E-state index contributed by atoms with van der Waals surface area (Å²) in [5.74, 6) is 6.16. The number of nitrogen functional groups attached to an aromatic ring is 1.